The van der Waals surface area contributed by atoms with Crippen LogP contribution in [0.25, 0.3) is 0 Å². The summed E-state index contributed by atoms with van der Waals surface area (Å²) in [4.78, 5) is 0. The van der Waals surface area contributed by atoms with E-state index >= 15 is 0 Å². The standard InChI is InChI=1S/C16H21NO2/c1-5-17-16(13-9-12(3)19-10-13)15-7-6-14(18-4)8-11(15)2/h6-10,16-17H,5H2,1-4H3. The van der Waals surface area contributed by atoms with E-state index in [0.717, 1.165) is 23.6 Å². The van der Waals surface area contributed by atoms with Gasteiger partial charge < -0.3 is 14.5 Å². The van der Waals surface area contributed by atoms with E-state index in [1.807, 2.05) is 19.3 Å². The fourth-order valence-electron chi connectivity index (χ4n) is 2.33. The topological polar surface area (TPSA) is 34.4 Å². The molecule has 1 aromatic carbocycles. The molecule has 0 aliphatic rings. The highest BCUT2D eigenvalue weighted by Gasteiger charge is 2.17. The molecule has 1 atom stereocenters. The molecule has 0 amide bonds. The molecule has 2 rings (SSSR count). The van der Waals surface area contributed by atoms with Crippen LogP contribution in [0.5, 0.6) is 5.75 Å². The summed E-state index contributed by atoms with van der Waals surface area (Å²) < 4.78 is 10.7. The van der Waals surface area contributed by atoms with Crippen LogP contribution < -0.4 is 10.1 Å². The minimum absolute atomic E-state index is 0.161. The molecule has 0 aliphatic carbocycles. The van der Waals surface area contributed by atoms with Crippen molar-refractivity contribution >= 4 is 0 Å². The summed E-state index contributed by atoms with van der Waals surface area (Å²) in [6, 6.07) is 8.42. The van der Waals surface area contributed by atoms with Gasteiger partial charge in [0.1, 0.15) is 11.5 Å². The molecule has 1 unspecified atom stereocenters. The Bertz CT molecular complexity index is 545. The summed E-state index contributed by atoms with van der Waals surface area (Å²) in [5.74, 6) is 1.82. The first-order valence-electron chi connectivity index (χ1n) is 6.58. The van der Waals surface area contributed by atoms with Crippen molar-refractivity contribution in [3.8, 4) is 5.75 Å². The minimum Gasteiger partial charge on any atom is -0.497 e. The van der Waals surface area contributed by atoms with Gasteiger partial charge in [0.25, 0.3) is 0 Å². The average Bonchev–Trinajstić information content (AvgIpc) is 2.83. The predicted octanol–water partition coefficient (Wildman–Crippen LogP) is 3.60. The highest BCUT2D eigenvalue weighted by Crippen LogP contribution is 2.28. The second-order valence-corrected chi connectivity index (χ2v) is 4.70. The van der Waals surface area contributed by atoms with Gasteiger partial charge in [-0.15, -0.1) is 0 Å². The number of furan rings is 1. The van der Waals surface area contributed by atoms with Crippen LogP contribution in [0.15, 0.2) is 34.9 Å². The number of benzene rings is 1. The smallest absolute Gasteiger partial charge is 0.119 e. The number of hydrogen-bond donors (Lipinski definition) is 1. The number of hydrogen-bond acceptors (Lipinski definition) is 3. The molecule has 3 heteroatoms. The van der Waals surface area contributed by atoms with Gasteiger partial charge in [0, 0.05) is 5.56 Å². The lowest BCUT2D eigenvalue weighted by molar-refractivity contribution is 0.414. The molecule has 102 valence electrons. The lowest BCUT2D eigenvalue weighted by Crippen LogP contribution is -2.22. The van der Waals surface area contributed by atoms with Gasteiger partial charge in [0.15, 0.2) is 0 Å². The van der Waals surface area contributed by atoms with Crippen molar-refractivity contribution in [3.05, 3.63) is 53.0 Å². The van der Waals surface area contributed by atoms with E-state index in [2.05, 4.69) is 37.4 Å². The van der Waals surface area contributed by atoms with E-state index in [1.54, 1.807) is 7.11 Å². The fourth-order valence-corrected chi connectivity index (χ4v) is 2.33. The lowest BCUT2D eigenvalue weighted by Gasteiger charge is -2.19. The van der Waals surface area contributed by atoms with Gasteiger partial charge in [0.2, 0.25) is 0 Å². The predicted molar refractivity (Wildman–Crippen MR) is 76.7 cm³/mol. The number of aryl methyl sites for hydroxylation is 2. The first-order chi connectivity index (χ1) is 9.15. The molecule has 1 N–H and O–H groups in total. The zero-order valence-corrected chi connectivity index (χ0v) is 12.0. The van der Waals surface area contributed by atoms with Crippen LogP contribution in [0.4, 0.5) is 0 Å². The van der Waals surface area contributed by atoms with Gasteiger partial charge in [-0.3, -0.25) is 0 Å². The number of ether oxygens (including phenoxy) is 1. The van der Waals surface area contributed by atoms with Crippen LogP contribution in [-0.4, -0.2) is 13.7 Å². The Morgan fingerprint density at radius 3 is 2.58 bits per heavy atom. The van der Waals surface area contributed by atoms with Crippen LogP contribution >= 0.6 is 0 Å². The average molecular weight is 259 g/mol. The second-order valence-electron chi connectivity index (χ2n) is 4.70. The van der Waals surface area contributed by atoms with E-state index in [1.165, 1.54) is 11.1 Å². The van der Waals surface area contributed by atoms with Crippen LogP contribution in [0, 0.1) is 13.8 Å². The highest BCUT2D eigenvalue weighted by atomic mass is 16.5. The second kappa shape index (κ2) is 5.93. The molecule has 0 radical (unpaired) electrons. The maximum atomic E-state index is 5.43. The Labute approximate surface area is 114 Å². The van der Waals surface area contributed by atoms with Gasteiger partial charge in [-0.1, -0.05) is 13.0 Å². The molecule has 3 nitrogen and oxygen atoms in total. The Hall–Kier alpha value is -1.74. The van der Waals surface area contributed by atoms with Gasteiger partial charge in [-0.05, 0) is 49.7 Å². The molecule has 19 heavy (non-hydrogen) atoms. The number of rotatable bonds is 5. The summed E-state index contributed by atoms with van der Waals surface area (Å²) in [6.07, 6.45) is 1.83. The van der Waals surface area contributed by atoms with Crippen molar-refractivity contribution in [1.82, 2.24) is 5.32 Å². The molecule has 0 spiro atoms. The van der Waals surface area contributed by atoms with E-state index in [-0.39, 0.29) is 6.04 Å². The molecule has 2 aromatic rings. The zero-order valence-electron chi connectivity index (χ0n) is 12.0. The summed E-state index contributed by atoms with van der Waals surface area (Å²) in [5, 5.41) is 3.51. The molecule has 0 saturated heterocycles. The van der Waals surface area contributed by atoms with E-state index in [0.29, 0.717) is 0 Å². The quantitative estimate of drug-likeness (QED) is 0.890. The third-order valence-corrected chi connectivity index (χ3v) is 3.28. The Morgan fingerprint density at radius 2 is 2.05 bits per heavy atom. The fraction of sp³-hybridized carbons (Fsp3) is 0.375. The summed E-state index contributed by atoms with van der Waals surface area (Å²) in [7, 11) is 1.69. The van der Waals surface area contributed by atoms with Crippen molar-refractivity contribution in [2.24, 2.45) is 0 Å². The van der Waals surface area contributed by atoms with Crippen molar-refractivity contribution < 1.29 is 9.15 Å². The number of methoxy groups -OCH3 is 1. The molecule has 1 heterocycles. The summed E-state index contributed by atoms with van der Waals surface area (Å²) >= 11 is 0. The van der Waals surface area contributed by atoms with Crippen LogP contribution in [0.3, 0.4) is 0 Å². The molecule has 1 aromatic heterocycles. The van der Waals surface area contributed by atoms with Crippen LogP contribution in [-0.2, 0) is 0 Å². The summed E-state index contributed by atoms with van der Waals surface area (Å²) in [6.45, 7) is 7.08. The third kappa shape index (κ3) is 2.99. The first-order valence-corrected chi connectivity index (χ1v) is 6.58. The van der Waals surface area contributed by atoms with E-state index < -0.39 is 0 Å². The van der Waals surface area contributed by atoms with Gasteiger partial charge in [0.05, 0.1) is 19.4 Å². The van der Waals surface area contributed by atoms with Gasteiger partial charge in [-0.25, -0.2) is 0 Å². The highest BCUT2D eigenvalue weighted by molar-refractivity contribution is 5.40. The van der Waals surface area contributed by atoms with Crippen molar-refractivity contribution in [1.29, 1.82) is 0 Å². The largest absolute Gasteiger partial charge is 0.497 e. The normalized spacial score (nSPS) is 12.4. The Kier molecular flexibility index (Phi) is 4.27. The maximum Gasteiger partial charge on any atom is 0.119 e. The summed E-state index contributed by atoms with van der Waals surface area (Å²) in [5.41, 5.74) is 3.63. The molecule has 0 aliphatic heterocycles. The number of nitrogens with one attached hydrogen (secondary N) is 1. The molecule has 0 fully saturated rings. The monoisotopic (exact) mass is 259 g/mol. The van der Waals surface area contributed by atoms with E-state index in [9.17, 15) is 0 Å². The third-order valence-electron chi connectivity index (χ3n) is 3.28. The molecular formula is C16H21NO2. The first kappa shape index (κ1) is 13.7. The minimum atomic E-state index is 0.161. The van der Waals surface area contributed by atoms with Crippen LogP contribution in [0.2, 0.25) is 0 Å². The zero-order chi connectivity index (χ0) is 13.8. The van der Waals surface area contributed by atoms with Crippen molar-refractivity contribution in [3.63, 3.8) is 0 Å². The van der Waals surface area contributed by atoms with E-state index in [4.69, 9.17) is 9.15 Å². The van der Waals surface area contributed by atoms with Crippen molar-refractivity contribution in [2.45, 2.75) is 26.8 Å². The molecular weight excluding hydrogens is 238 g/mol. The molecule has 0 bridgehead atoms. The Morgan fingerprint density at radius 1 is 1.26 bits per heavy atom. The maximum absolute atomic E-state index is 5.43. The van der Waals surface area contributed by atoms with Gasteiger partial charge >= 0.3 is 0 Å². The van der Waals surface area contributed by atoms with Crippen LogP contribution in [0.1, 0.15) is 35.4 Å². The lowest BCUT2D eigenvalue weighted by atomic mass is 9.96. The van der Waals surface area contributed by atoms with Crippen molar-refractivity contribution in [2.75, 3.05) is 13.7 Å². The van der Waals surface area contributed by atoms with Gasteiger partial charge in [-0.2, -0.15) is 0 Å². The molecule has 0 saturated carbocycles. The Balaban J connectivity index is 2.39. The SMILES string of the molecule is CCNC(c1coc(C)c1)c1ccc(OC)cc1C.